The van der Waals surface area contributed by atoms with Crippen molar-refractivity contribution >= 4 is 17.5 Å². The van der Waals surface area contributed by atoms with Crippen molar-refractivity contribution < 1.29 is 14.1 Å². The van der Waals surface area contributed by atoms with E-state index in [0.717, 1.165) is 18.4 Å². The van der Waals surface area contributed by atoms with Crippen molar-refractivity contribution in [3.8, 4) is 0 Å². The van der Waals surface area contributed by atoms with Crippen LogP contribution >= 0.6 is 0 Å². The minimum absolute atomic E-state index is 0.169. The first-order chi connectivity index (χ1) is 11.8. The highest BCUT2D eigenvalue weighted by Gasteiger charge is 2.33. The number of amides is 1. The lowest BCUT2D eigenvalue weighted by atomic mass is 9.91. The molecule has 1 aromatic carbocycles. The van der Waals surface area contributed by atoms with Gasteiger partial charge in [0.1, 0.15) is 11.4 Å². The standard InChI is InChI=1S/C19H30N2O3S/c1-15(20-25(23)19(2,3)4)17-10-12-21(13-11-17)18(22)24-14-16-8-6-5-7-9-16/h5-9,15,17,20H,10-14H2,1-4H3/t15-,25-/m1/s1. The van der Waals surface area contributed by atoms with E-state index < -0.39 is 11.4 Å². The van der Waals surface area contributed by atoms with Gasteiger partial charge in [0, 0.05) is 24.5 Å². The van der Waals surface area contributed by atoms with Crippen molar-refractivity contribution in [2.75, 3.05) is 13.1 Å². The molecular formula is C19H30N2O3S. The first-order valence-electron chi connectivity index (χ1n) is 8.91. The summed E-state index contributed by atoms with van der Waals surface area (Å²) in [6.45, 7) is 9.66. The Balaban J connectivity index is 1.74. The fourth-order valence-electron chi connectivity index (χ4n) is 2.83. The molecule has 2 rings (SSSR count). The summed E-state index contributed by atoms with van der Waals surface area (Å²) in [5, 5.41) is 0. The van der Waals surface area contributed by atoms with Gasteiger partial charge in [-0.2, -0.15) is 0 Å². The van der Waals surface area contributed by atoms with Crippen molar-refractivity contribution in [1.82, 2.24) is 9.62 Å². The zero-order valence-corrected chi connectivity index (χ0v) is 16.5. The van der Waals surface area contributed by atoms with Gasteiger partial charge in [-0.05, 0) is 52.0 Å². The van der Waals surface area contributed by atoms with Crippen molar-refractivity contribution in [3.05, 3.63) is 35.9 Å². The highest BCUT2D eigenvalue weighted by atomic mass is 32.2. The van der Waals surface area contributed by atoms with Crippen LogP contribution in [-0.2, 0) is 22.7 Å². The molecule has 0 unspecified atom stereocenters. The predicted molar refractivity (Wildman–Crippen MR) is 101 cm³/mol. The van der Waals surface area contributed by atoms with E-state index in [1.165, 1.54) is 0 Å². The van der Waals surface area contributed by atoms with Gasteiger partial charge < -0.3 is 14.2 Å². The minimum atomic E-state index is -1.07. The van der Waals surface area contributed by atoms with Crippen LogP contribution < -0.4 is 4.72 Å². The average molecular weight is 367 g/mol. The van der Waals surface area contributed by atoms with Crippen LogP contribution in [-0.4, -0.2) is 39.4 Å². The molecule has 0 bridgehead atoms. The summed E-state index contributed by atoms with van der Waals surface area (Å²) in [7, 11) is 0. The average Bonchev–Trinajstić information content (AvgIpc) is 2.59. The van der Waals surface area contributed by atoms with E-state index in [4.69, 9.17) is 4.74 Å². The fraction of sp³-hybridized carbons (Fsp3) is 0.632. The van der Waals surface area contributed by atoms with Gasteiger partial charge in [0.05, 0.1) is 6.04 Å². The monoisotopic (exact) mass is 366 g/mol. The smallest absolute Gasteiger partial charge is 0.410 e. The molecule has 1 amide bonds. The van der Waals surface area contributed by atoms with Crippen molar-refractivity contribution in [1.29, 1.82) is 0 Å². The third-order valence-corrected chi connectivity index (χ3v) is 6.26. The zero-order chi connectivity index (χ0) is 18.4. The summed E-state index contributed by atoms with van der Waals surface area (Å²) < 4.78 is 20.6. The molecule has 6 heteroatoms. The number of benzene rings is 1. The quantitative estimate of drug-likeness (QED) is 0.811. The zero-order valence-electron chi connectivity index (χ0n) is 15.7. The number of nitrogens with zero attached hydrogens (tertiary/aromatic N) is 1. The molecule has 0 spiro atoms. The van der Waals surface area contributed by atoms with Crippen LogP contribution in [0.25, 0.3) is 0 Å². The highest BCUT2D eigenvalue weighted by molar-refractivity contribution is 7.90. The molecule has 140 valence electrons. The van der Waals surface area contributed by atoms with Gasteiger partial charge in [0.15, 0.2) is 0 Å². The molecule has 1 heterocycles. The summed E-state index contributed by atoms with van der Waals surface area (Å²) in [6.07, 6.45) is 1.55. The largest absolute Gasteiger partial charge is 0.598 e. The molecule has 0 aromatic heterocycles. The topological polar surface area (TPSA) is 64.6 Å². The predicted octanol–water partition coefficient (Wildman–Crippen LogP) is 3.48. The number of hydrogen-bond donors (Lipinski definition) is 1. The number of carbonyl (C=O) groups is 1. The molecule has 0 radical (unpaired) electrons. The van der Waals surface area contributed by atoms with Crippen LogP contribution in [0.15, 0.2) is 30.3 Å². The molecular weight excluding hydrogens is 336 g/mol. The van der Waals surface area contributed by atoms with Crippen LogP contribution in [0.2, 0.25) is 0 Å². The normalized spacial score (nSPS) is 18.7. The summed E-state index contributed by atoms with van der Waals surface area (Å²) in [5.41, 5.74) is 0.994. The summed E-state index contributed by atoms with van der Waals surface area (Å²) in [6, 6.07) is 9.87. The third-order valence-electron chi connectivity index (χ3n) is 4.56. The number of rotatable bonds is 5. The summed E-state index contributed by atoms with van der Waals surface area (Å²) in [4.78, 5) is 14.0. The molecule has 0 saturated carbocycles. The lowest BCUT2D eigenvalue weighted by molar-refractivity contribution is 0.0797. The van der Waals surface area contributed by atoms with E-state index in [2.05, 4.69) is 11.6 Å². The molecule has 1 aliphatic heterocycles. The second kappa shape index (κ2) is 8.92. The Morgan fingerprint density at radius 3 is 2.48 bits per heavy atom. The Bertz CT molecular complexity index is 539. The summed E-state index contributed by atoms with van der Waals surface area (Å²) in [5.74, 6) is 0.421. The third kappa shape index (κ3) is 6.20. The minimum Gasteiger partial charge on any atom is -0.598 e. The van der Waals surface area contributed by atoms with Crippen LogP contribution in [0.3, 0.4) is 0 Å². The van der Waals surface area contributed by atoms with Crippen LogP contribution in [0.5, 0.6) is 0 Å². The number of hydrogen-bond acceptors (Lipinski definition) is 4. The molecule has 2 atom stereocenters. The first-order valence-corrected chi connectivity index (χ1v) is 10.1. The molecule has 1 saturated heterocycles. The maximum absolute atomic E-state index is 12.2. The molecule has 1 fully saturated rings. The van der Waals surface area contributed by atoms with Crippen molar-refractivity contribution in [2.45, 2.75) is 57.9 Å². The van der Waals surface area contributed by atoms with Gasteiger partial charge in [-0.25, -0.2) is 4.79 Å². The van der Waals surface area contributed by atoms with Gasteiger partial charge in [-0.3, -0.25) is 0 Å². The van der Waals surface area contributed by atoms with Crippen molar-refractivity contribution in [2.24, 2.45) is 5.92 Å². The molecule has 1 N–H and O–H groups in total. The highest BCUT2D eigenvalue weighted by Crippen LogP contribution is 2.23. The van der Waals surface area contributed by atoms with E-state index in [1.54, 1.807) is 4.90 Å². The first kappa shape index (κ1) is 20.1. The van der Waals surface area contributed by atoms with E-state index in [-0.39, 0.29) is 16.9 Å². The molecule has 1 aliphatic rings. The summed E-state index contributed by atoms with van der Waals surface area (Å²) >= 11 is -1.07. The number of nitrogens with one attached hydrogen (secondary N) is 1. The van der Waals surface area contributed by atoms with E-state index in [9.17, 15) is 9.35 Å². The Kier molecular flexibility index (Phi) is 7.16. The van der Waals surface area contributed by atoms with Gasteiger partial charge >= 0.3 is 6.09 Å². The van der Waals surface area contributed by atoms with Crippen LogP contribution in [0, 0.1) is 5.92 Å². The van der Waals surface area contributed by atoms with Crippen LogP contribution in [0.4, 0.5) is 4.79 Å². The lowest BCUT2D eigenvalue weighted by Gasteiger charge is -2.35. The number of likely N-dealkylation sites (tertiary alicyclic amines) is 1. The number of ether oxygens (including phenoxy) is 1. The Morgan fingerprint density at radius 2 is 1.92 bits per heavy atom. The Labute approximate surface area is 154 Å². The second-order valence-electron chi connectivity index (χ2n) is 7.65. The SMILES string of the molecule is C[C@@H](N[S@+]([O-])C(C)(C)C)C1CCN(C(=O)OCc2ccccc2)CC1. The van der Waals surface area contributed by atoms with Gasteiger partial charge in [-0.15, -0.1) is 4.72 Å². The second-order valence-corrected chi connectivity index (χ2v) is 9.65. The van der Waals surface area contributed by atoms with Crippen molar-refractivity contribution in [3.63, 3.8) is 0 Å². The number of carbonyl (C=O) groups excluding carboxylic acids is 1. The van der Waals surface area contributed by atoms with Crippen LogP contribution in [0.1, 0.15) is 46.1 Å². The molecule has 0 aliphatic carbocycles. The molecule has 25 heavy (non-hydrogen) atoms. The van der Waals surface area contributed by atoms with Gasteiger partial charge in [0.25, 0.3) is 0 Å². The molecule has 5 nitrogen and oxygen atoms in total. The van der Waals surface area contributed by atoms with E-state index >= 15 is 0 Å². The van der Waals surface area contributed by atoms with Gasteiger partial charge in [0.2, 0.25) is 0 Å². The van der Waals surface area contributed by atoms with E-state index in [1.807, 2.05) is 51.1 Å². The lowest BCUT2D eigenvalue weighted by Crippen LogP contribution is -2.49. The Hall–Kier alpha value is -1.24. The van der Waals surface area contributed by atoms with Gasteiger partial charge in [-0.1, -0.05) is 30.3 Å². The van der Waals surface area contributed by atoms with E-state index in [0.29, 0.717) is 25.6 Å². The number of piperidine rings is 1. The molecule has 1 aromatic rings. The fourth-order valence-corrected chi connectivity index (χ4v) is 3.72. The maximum atomic E-state index is 12.2. The maximum Gasteiger partial charge on any atom is 0.410 e. The Morgan fingerprint density at radius 1 is 1.32 bits per heavy atom.